The lowest BCUT2D eigenvalue weighted by Gasteiger charge is -2.26. The van der Waals surface area contributed by atoms with Gasteiger partial charge in [0, 0.05) is 5.69 Å². The number of ketones is 1. The number of Topliss-reactive ketones (excluding diaryl/α,β-unsaturated/α-hetero) is 1. The average molecular weight is 472 g/mol. The van der Waals surface area contributed by atoms with Crippen molar-refractivity contribution in [3.8, 4) is 11.5 Å². The van der Waals surface area contributed by atoms with Crippen LogP contribution in [0.1, 0.15) is 36.6 Å². The Morgan fingerprint density at radius 3 is 2.40 bits per heavy atom. The number of methoxy groups -OCH3 is 1. The predicted octanol–water partition coefficient (Wildman–Crippen LogP) is 5.66. The number of hydrogen-bond donors (Lipinski definition) is 1. The van der Waals surface area contributed by atoms with E-state index in [-0.39, 0.29) is 11.3 Å². The second-order valence-electron chi connectivity index (χ2n) is 8.98. The van der Waals surface area contributed by atoms with E-state index in [4.69, 9.17) is 9.47 Å². The summed E-state index contributed by atoms with van der Waals surface area (Å²) in [4.78, 5) is 28.2. The first-order valence-electron chi connectivity index (χ1n) is 11.6. The van der Waals surface area contributed by atoms with Gasteiger partial charge in [-0.1, -0.05) is 55.8 Å². The molecule has 0 radical (unpaired) electrons. The molecule has 0 aromatic heterocycles. The van der Waals surface area contributed by atoms with Crippen LogP contribution >= 0.6 is 0 Å². The Morgan fingerprint density at radius 2 is 1.71 bits per heavy atom. The van der Waals surface area contributed by atoms with Crippen molar-refractivity contribution in [3.05, 3.63) is 95.1 Å². The minimum absolute atomic E-state index is 0.00100. The molecule has 4 rings (SSSR count). The summed E-state index contributed by atoms with van der Waals surface area (Å²) >= 11 is 0. The monoisotopic (exact) mass is 471 g/mol. The minimum Gasteiger partial charge on any atom is -0.507 e. The van der Waals surface area contributed by atoms with Crippen molar-refractivity contribution in [2.45, 2.75) is 26.8 Å². The van der Waals surface area contributed by atoms with Crippen molar-refractivity contribution in [1.29, 1.82) is 0 Å². The highest BCUT2D eigenvalue weighted by Crippen LogP contribution is 2.43. The average Bonchev–Trinajstić information content (AvgIpc) is 3.13. The molecule has 180 valence electrons. The van der Waals surface area contributed by atoms with Crippen LogP contribution in [0, 0.1) is 12.8 Å². The second kappa shape index (κ2) is 10.1. The van der Waals surface area contributed by atoms with Gasteiger partial charge in [0.25, 0.3) is 11.7 Å². The highest BCUT2D eigenvalue weighted by molar-refractivity contribution is 6.51. The molecule has 3 aromatic rings. The normalized spacial score (nSPS) is 17.2. The number of para-hydroxylation sites is 1. The molecular weight excluding hydrogens is 442 g/mol. The van der Waals surface area contributed by atoms with Crippen molar-refractivity contribution in [3.63, 3.8) is 0 Å². The first-order valence-corrected chi connectivity index (χ1v) is 11.6. The van der Waals surface area contributed by atoms with Crippen molar-refractivity contribution >= 4 is 23.1 Å². The number of ether oxygens (including phenoxy) is 2. The number of anilines is 1. The third-order valence-electron chi connectivity index (χ3n) is 5.88. The number of carbonyl (C=O) groups excluding carboxylic acids is 2. The lowest BCUT2D eigenvalue weighted by atomic mass is 9.94. The smallest absolute Gasteiger partial charge is 0.300 e. The minimum atomic E-state index is -0.842. The lowest BCUT2D eigenvalue weighted by molar-refractivity contribution is -0.132. The van der Waals surface area contributed by atoms with Crippen LogP contribution in [0.2, 0.25) is 0 Å². The van der Waals surface area contributed by atoms with Gasteiger partial charge in [0.05, 0.1) is 30.9 Å². The van der Waals surface area contributed by atoms with Crippen LogP contribution in [0.25, 0.3) is 5.76 Å². The van der Waals surface area contributed by atoms with Gasteiger partial charge in [-0.3, -0.25) is 14.5 Å². The molecule has 1 saturated heterocycles. The summed E-state index contributed by atoms with van der Waals surface area (Å²) in [6.07, 6.45) is 0. The van der Waals surface area contributed by atoms with Gasteiger partial charge in [-0.25, -0.2) is 0 Å². The fourth-order valence-electron chi connectivity index (χ4n) is 4.14. The maximum Gasteiger partial charge on any atom is 0.300 e. The van der Waals surface area contributed by atoms with Crippen molar-refractivity contribution in [1.82, 2.24) is 0 Å². The number of aliphatic hydroxyl groups is 1. The first-order chi connectivity index (χ1) is 16.8. The van der Waals surface area contributed by atoms with E-state index >= 15 is 0 Å². The van der Waals surface area contributed by atoms with Crippen LogP contribution in [-0.4, -0.2) is 30.5 Å². The second-order valence-corrected chi connectivity index (χ2v) is 8.98. The number of carbonyl (C=O) groups is 2. The Balaban J connectivity index is 1.91. The van der Waals surface area contributed by atoms with Gasteiger partial charge in [-0.05, 0) is 54.8 Å². The molecule has 1 aliphatic rings. The summed E-state index contributed by atoms with van der Waals surface area (Å²) in [6.45, 7) is 6.60. The van der Waals surface area contributed by atoms with E-state index in [1.807, 2.05) is 43.3 Å². The molecule has 3 aromatic carbocycles. The van der Waals surface area contributed by atoms with Gasteiger partial charge in [-0.15, -0.1) is 0 Å². The van der Waals surface area contributed by atoms with Gasteiger partial charge < -0.3 is 14.6 Å². The van der Waals surface area contributed by atoms with Gasteiger partial charge in [0.15, 0.2) is 0 Å². The van der Waals surface area contributed by atoms with Gasteiger partial charge in [-0.2, -0.15) is 0 Å². The zero-order valence-electron chi connectivity index (χ0n) is 20.3. The Kier molecular flexibility index (Phi) is 6.92. The first kappa shape index (κ1) is 24.1. The zero-order chi connectivity index (χ0) is 25.1. The zero-order valence-corrected chi connectivity index (χ0v) is 20.3. The quantitative estimate of drug-likeness (QED) is 0.273. The van der Waals surface area contributed by atoms with Crippen LogP contribution < -0.4 is 14.4 Å². The van der Waals surface area contributed by atoms with Crippen LogP contribution in [0.4, 0.5) is 5.69 Å². The van der Waals surface area contributed by atoms with Crippen LogP contribution in [0.3, 0.4) is 0 Å². The molecule has 0 saturated carbocycles. The third-order valence-corrected chi connectivity index (χ3v) is 5.88. The lowest BCUT2D eigenvalue weighted by Crippen LogP contribution is -2.29. The molecule has 0 spiro atoms. The molecule has 1 amide bonds. The Bertz CT molecular complexity index is 1280. The Hall–Kier alpha value is -4.06. The molecule has 0 aliphatic carbocycles. The summed E-state index contributed by atoms with van der Waals surface area (Å²) < 4.78 is 11.3. The fourth-order valence-corrected chi connectivity index (χ4v) is 4.14. The fraction of sp³-hybridized carbons (Fsp3) is 0.241. The SMILES string of the molecule is COc1ccccc1/C(O)=C1/C(=O)C(=O)N(c2ccc(C)cc2)C1c1cccc(OCC(C)C)c1. The van der Waals surface area contributed by atoms with E-state index in [0.29, 0.717) is 40.8 Å². The number of benzene rings is 3. The van der Waals surface area contributed by atoms with E-state index < -0.39 is 17.7 Å². The topological polar surface area (TPSA) is 76.1 Å². The molecule has 6 heteroatoms. The molecular formula is C29H29NO5. The summed E-state index contributed by atoms with van der Waals surface area (Å²) in [7, 11) is 1.49. The number of rotatable bonds is 7. The number of nitrogens with zero attached hydrogens (tertiary/aromatic N) is 1. The Morgan fingerprint density at radius 1 is 1.00 bits per heavy atom. The van der Waals surface area contributed by atoms with Gasteiger partial charge in [0.1, 0.15) is 17.3 Å². The predicted molar refractivity (Wildman–Crippen MR) is 136 cm³/mol. The highest BCUT2D eigenvalue weighted by atomic mass is 16.5. The van der Waals surface area contributed by atoms with Gasteiger partial charge >= 0.3 is 0 Å². The number of amides is 1. The van der Waals surface area contributed by atoms with Crippen LogP contribution in [-0.2, 0) is 9.59 Å². The van der Waals surface area contributed by atoms with E-state index in [9.17, 15) is 14.7 Å². The van der Waals surface area contributed by atoms with E-state index in [2.05, 4.69) is 13.8 Å². The molecule has 1 fully saturated rings. The Labute approximate surface area is 205 Å². The van der Waals surface area contributed by atoms with E-state index in [0.717, 1.165) is 5.56 Å². The molecule has 1 N–H and O–H groups in total. The van der Waals surface area contributed by atoms with Crippen molar-refractivity contribution < 1.29 is 24.2 Å². The highest BCUT2D eigenvalue weighted by Gasteiger charge is 2.47. The summed E-state index contributed by atoms with van der Waals surface area (Å²) in [5.41, 5.74) is 2.59. The maximum atomic E-state index is 13.4. The van der Waals surface area contributed by atoms with Crippen LogP contribution in [0.5, 0.6) is 11.5 Å². The van der Waals surface area contributed by atoms with Crippen molar-refractivity contribution in [2.24, 2.45) is 5.92 Å². The summed E-state index contributed by atoms with van der Waals surface area (Å²) in [5, 5.41) is 11.4. The largest absolute Gasteiger partial charge is 0.507 e. The molecule has 1 atom stereocenters. The standard InChI is InChI=1S/C29H29NO5/c1-18(2)17-35-22-9-7-8-20(16-22)26-25(27(31)23-10-5-6-11-24(23)34-4)28(32)29(33)30(26)21-14-12-19(3)13-15-21/h5-16,18,26,31H,17H2,1-4H3/b27-25-. The third kappa shape index (κ3) is 4.78. The molecule has 0 bridgehead atoms. The van der Waals surface area contributed by atoms with Gasteiger partial charge in [0.2, 0.25) is 0 Å². The van der Waals surface area contributed by atoms with E-state index in [1.54, 1.807) is 36.4 Å². The molecule has 1 unspecified atom stereocenters. The van der Waals surface area contributed by atoms with E-state index in [1.165, 1.54) is 12.0 Å². The number of aliphatic hydroxyl groups excluding tert-OH is 1. The number of hydrogen-bond acceptors (Lipinski definition) is 5. The molecule has 35 heavy (non-hydrogen) atoms. The molecule has 1 heterocycles. The summed E-state index contributed by atoms with van der Waals surface area (Å²) in [6, 6.07) is 20.7. The molecule has 6 nitrogen and oxygen atoms in total. The molecule has 1 aliphatic heterocycles. The summed E-state index contributed by atoms with van der Waals surface area (Å²) in [5.74, 6) is -0.380. The maximum absolute atomic E-state index is 13.4. The van der Waals surface area contributed by atoms with Crippen molar-refractivity contribution in [2.75, 3.05) is 18.6 Å². The number of aryl methyl sites for hydroxylation is 1. The van der Waals surface area contributed by atoms with Crippen LogP contribution in [0.15, 0.2) is 78.4 Å².